The zero-order chi connectivity index (χ0) is 14.7. The first-order valence-corrected chi connectivity index (χ1v) is 6.49. The van der Waals surface area contributed by atoms with Gasteiger partial charge in [-0.15, -0.1) is 0 Å². The maximum atomic E-state index is 13.6. The molecular weight excluding hydrogens is 266 g/mol. The Labute approximate surface area is 116 Å². The zero-order valence-corrected chi connectivity index (χ0v) is 11.2. The van der Waals surface area contributed by atoms with E-state index in [2.05, 4.69) is 0 Å². The van der Waals surface area contributed by atoms with Gasteiger partial charge in [-0.1, -0.05) is 6.07 Å². The van der Waals surface area contributed by atoms with Crippen LogP contribution >= 0.6 is 0 Å². The Morgan fingerprint density at radius 1 is 1.05 bits per heavy atom. The Balaban J connectivity index is 2.13. The Kier molecular flexibility index (Phi) is 4.32. The van der Waals surface area contributed by atoms with E-state index >= 15 is 0 Å². The molecule has 6 heteroatoms. The van der Waals surface area contributed by atoms with Crippen LogP contribution in [0.5, 0.6) is 0 Å². The Bertz CT molecular complexity index is 534. The summed E-state index contributed by atoms with van der Waals surface area (Å²) in [6, 6.07) is 3.56. The highest BCUT2D eigenvalue weighted by Crippen LogP contribution is 2.15. The number of rotatable bonds is 1. The van der Waals surface area contributed by atoms with Gasteiger partial charge in [-0.05, 0) is 18.6 Å². The number of hydrogen-bond donors (Lipinski definition) is 0. The largest absolute Gasteiger partial charge is 0.341 e. The predicted octanol–water partition coefficient (Wildman–Crippen LogP) is 1.66. The first-order chi connectivity index (χ1) is 9.50. The first-order valence-electron chi connectivity index (χ1n) is 6.49. The molecule has 0 aliphatic carbocycles. The molecule has 0 spiro atoms. The highest BCUT2D eigenvalue weighted by molar-refractivity contribution is 5.94. The lowest BCUT2D eigenvalue weighted by atomic mass is 10.1. The minimum atomic E-state index is -1.12. The van der Waals surface area contributed by atoms with Crippen molar-refractivity contribution in [1.29, 1.82) is 0 Å². The van der Waals surface area contributed by atoms with Gasteiger partial charge in [-0.3, -0.25) is 9.59 Å². The van der Waals surface area contributed by atoms with E-state index in [9.17, 15) is 18.4 Å². The molecule has 1 fully saturated rings. The summed E-state index contributed by atoms with van der Waals surface area (Å²) < 4.78 is 26.8. The van der Waals surface area contributed by atoms with Crippen LogP contribution in [0.25, 0.3) is 0 Å². The molecule has 1 aromatic carbocycles. The van der Waals surface area contributed by atoms with Crippen molar-refractivity contribution in [3.63, 3.8) is 0 Å². The van der Waals surface area contributed by atoms with E-state index in [-0.39, 0.29) is 11.5 Å². The number of nitrogens with zero attached hydrogens (tertiary/aromatic N) is 2. The summed E-state index contributed by atoms with van der Waals surface area (Å²) in [5.74, 6) is -2.73. The van der Waals surface area contributed by atoms with Crippen LogP contribution in [0, 0.1) is 11.6 Å². The normalized spacial score (nSPS) is 15.9. The molecule has 1 aliphatic rings. The average Bonchev–Trinajstić information content (AvgIpc) is 2.67. The molecule has 0 N–H and O–H groups in total. The van der Waals surface area contributed by atoms with Crippen LogP contribution in [-0.2, 0) is 4.79 Å². The molecule has 20 heavy (non-hydrogen) atoms. The van der Waals surface area contributed by atoms with Gasteiger partial charge in [0, 0.05) is 33.1 Å². The fourth-order valence-corrected chi connectivity index (χ4v) is 2.27. The zero-order valence-electron chi connectivity index (χ0n) is 11.2. The summed E-state index contributed by atoms with van der Waals surface area (Å²) in [6.45, 7) is 3.22. The summed E-state index contributed by atoms with van der Waals surface area (Å²) in [4.78, 5) is 26.6. The highest BCUT2D eigenvalue weighted by Gasteiger charge is 2.24. The lowest BCUT2D eigenvalue weighted by Crippen LogP contribution is -2.36. The van der Waals surface area contributed by atoms with Gasteiger partial charge in [-0.2, -0.15) is 0 Å². The maximum absolute atomic E-state index is 13.6. The molecule has 1 aliphatic heterocycles. The third kappa shape index (κ3) is 2.95. The van der Waals surface area contributed by atoms with Crippen molar-refractivity contribution in [3.8, 4) is 0 Å². The van der Waals surface area contributed by atoms with Gasteiger partial charge in [0.1, 0.15) is 0 Å². The molecule has 108 valence electrons. The Hall–Kier alpha value is -1.98. The van der Waals surface area contributed by atoms with Crippen LogP contribution in [0.3, 0.4) is 0 Å². The van der Waals surface area contributed by atoms with E-state index in [4.69, 9.17) is 0 Å². The molecule has 0 saturated carbocycles. The maximum Gasteiger partial charge on any atom is 0.257 e. The third-order valence-corrected chi connectivity index (χ3v) is 3.41. The standard InChI is InChI=1S/C14H16F2N2O2/c1-10(19)17-6-3-7-18(9-8-17)14(20)11-4-2-5-12(15)13(11)16/h2,4-5H,3,6-9H2,1H3. The minimum Gasteiger partial charge on any atom is -0.341 e. The number of amides is 2. The smallest absolute Gasteiger partial charge is 0.257 e. The van der Waals surface area contributed by atoms with E-state index in [1.807, 2.05) is 0 Å². The fourth-order valence-electron chi connectivity index (χ4n) is 2.27. The minimum absolute atomic E-state index is 0.0452. The Morgan fingerprint density at radius 3 is 2.40 bits per heavy atom. The summed E-state index contributed by atoms with van der Waals surface area (Å²) in [5, 5.41) is 0. The Morgan fingerprint density at radius 2 is 1.70 bits per heavy atom. The van der Waals surface area contributed by atoms with Gasteiger partial charge in [0.2, 0.25) is 5.91 Å². The lowest BCUT2D eigenvalue weighted by Gasteiger charge is -2.21. The van der Waals surface area contributed by atoms with Crippen molar-refractivity contribution >= 4 is 11.8 Å². The topological polar surface area (TPSA) is 40.6 Å². The SMILES string of the molecule is CC(=O)N1CCCN(C(=O)c2cccc(F)c2F)CC1. The summed E-state index contributed by atoms with van der Waals surface area (Å²) in [7, 11) is 0. The van der Waals surface area contributed by atoms with Crippen LogP contribution in [0.4, 0.5) is 8.78 Å². The second-order valence-corrected chi connectivity index (χ2v) is 4.75. The second kappa shape index (κ2) is 5.98. The predicted molar refractivity (Wildman–Crippen MR) is 69.1 cm³/mol. The monoisotopic (exact) mass is 282 g/mol. The molecule has 2 rings (SSSR count). The molecule has 1 aromatic rings. The van der Waals surface area contributed by atoms with Gasteiger partial charge < -0.3 is 9.80 Å². The number of halogens is 2. The van der Waals surface area contributed by atoms with Gasteiger partial charge >= 0.3 is 0 Å². The van der Waals surface area contributed by atoms with Crippen molar-refractivity contribution < 1.29 is 18.4 Å². The molecule has 1 saturated heterocycles. The number of benzene rings is 1. The van der Waals surface area contributed by atoms with Gasteiger partial charge in [0.05, 0.1) is 5.56 Å². The van der Waals surface area contributed by atoms with Crippen LogP contribution in [-0.4, -0.2) is 47.8 Å². The molecule has 0 aromatic heterocycles. The van der Waals surface area contributed by atoms with Gasteiger partial charge in [0.15, 0.2) is 11.6 Å². The molecule has 0 bridgehead atoms. The van der Waals surface area contributed by atoms with Gasteiger partial charge in [0.25, 0.3) is 5.91 Å². The van der Waals surface area contributed by atoms with Crippen molar-refractivity contribution in [2.24, 2.45) is 0 Å². The molecule has 0 unspecified atom stereocenters. The third-order valence-electron chi connectivity index (χ3n) is 3.41. The second-order valence-electron chi connectivity index (χ2n) is 4.75. The van der Waals surface area contributed by atoms with Crippen LogP contribution in [0.1, 0.15) is 23.7 Å². The first kappa shape index (κ1) is 14.4. The van der Waals surface area contributed by atoms with Crippen LogP contribution in [0.2, 0.25) is 0 Å². The van der Waals surface area contributed by atoms with E-state index in [0.29, 0.717) is 32.6 Å². The van der Waals surface area contributed by atoms with Crippen molar-refractivity contribution in [1.82, 2.24) is 9.80 Å². The van der Waals surface area contributed by atoms with Crippen LogP contribution < -0.4 is 0 Å². The number of hydrogen-bond acceptors (Lipinski definition) is 2. The molecular formula is C14H16F2N2O2. The van der Waals surface area contributed by atoms with Gasteiger partial charge in [-0.25, -0.2) is 8.78 Å². The molecule has 2 amide bonds. The van der Waals surface area contributed by atoms with Crippen molar-refractivity contribution in [2.75, 3.05) is 26.2 Å². The van der Waals surface area contributed by atoms with Crippen molar-refractivity contribution in [2.45, 2.75) is 13.3 Å². The van der Waals surface area contributed by atoms with E-state index in [0.717, 1.165) is 6.07 Å². The van der Waals surface area contributed by atoms with E-state index < -0.39 is 17.5 Å². The molecule has 1 heterocycles. The van der Waals surface area contributed by atoms with E-state index in [1.165, 1.54) is 24.0 Å². The average molecular weight is 282 g/mol. The quantitative estimate of drug-likeness (QED) is 0.786. The molecule has 0 atom stereocenters. The highest BCUT2D eigenvalue weighted by atomic mass is 19.2. The van der Waals surface area contributed by atoms with E-state index in [1.54, 1.807) is 4.90 Å². The lowest BCUT2D eigenvalue weighted by molar-refractivity contribution is -0.128. The number of carbonyl (C=O) groups excluding carboxylic acids is 2. The summed E-state index contributed by atoms with van der Waals surface area (Å²) >= 11 is 0. The number of carbonyl (C=O) groups is 2. The fraction of sp³-hybridized carbons (Fsp3) is 0.429. The molecule has 0 radical (unpaired) electrons. The van der Waals surface area contributed by atoms with Crippen molar-refractivity contribution in [3.05, 3.63) is 35.4 Å². The summed E-state index contributed by atoms with van der Waals surface area (Å²) in [5.41, 5.74) is -0.263. The molecule has 4 nitrogen and oxygen atoms in total. The summed E-state index contributed by atoms with van der Waals surface area (Å²) in [6.07, 6.45) is 0.627. The van der Waals surface area contributed by atoms with Crippen LogP contribution in [0.15, 0.2) is 18.2 Å².